The van der Waals surface area contributed by atoms with Crippen molar-refractivity contribution < 1.29 is 8.42 Å². The SMILES string of the molecule is CCNCc1cn[nH]c1S(=O)(=O)NCCc1ccsc1. The zero-order chi connectivity index (χ0) is 14.4. The van der Waals surface area contributed by atoms with Gasteiger partial charge in [-0.25, -0.2) is 13.1 Å². The van der Waals surface area contributed by atoms with E-state index in [4.69, 9.17) is 0 Å². The van der Waals surface area contributed by atoms with E-state index in [2.05, 4.69) is 20.2 Å². The zero-order valence-corrected chi connectivity index (χ0v) is 12.9. The summed E-state index contributed by atoms with van der Waals surface area (Å²) in [5.41, 5.74) is 1.78. The molecule has 8 heteroatoms. The highest BCUT2D eigenvalue weighted by molar-refractivity contribution is 7.89. The maximum Gasteiger partial charge on any atom is 0.257 e. The molecule has 2 aromatic rings. The molecule has 0 aliphatic carbocycles. The minimum atomic E-state index is -3.54. The normalized spacial score (nSPS) is 11.8. The highest BCUT2D eigenvalue weighted by atomic mass is 32.2. The van der Waals surface area contributed by atoms with Gasteiger partial charge in [0.25, 0.3) is 10.0 Å². The molecule has 0 aromatic carbocycles. The summed E-state index contributed by atoms with van der Waals surface area (Å²) < 4.78 is 27.0. The number of hydrogen-bond acceptors (Lipinski definition) is 5. The van der Waals surface area contributed by atoms with Gasteiger partial charge in [-0.05, 0) is 35.4 Å². The molecule has 0 aliphatic heterocycles. The summed E-state index contributed by atoms with van der Waals surface area (Å²) in [6.07, 6.45) is 2.22. The average molecular weight is 314 g/mol. The lowest BCUT2D eigenvalue weighted by Crippen LogP contribution is -2.27. The maximum atomic E-state index is 12.2. The number of nitrogens with zero attached hydrogens (tertiary/aromatic N) is 1. The van der Waals surface area contributed by atoms with Crippen LogP contribution in [0.5, 0.6) is 0 Å². The van der Waals surface area contributed by atoms with Gasteiger partial charge >= 0.3 is 0 Å². The second-order valence-corrected chi connectivity index (χ2v) is 6.77. The Morgan fingerprint density at radius 3 is 3.00 bits per heavy atom. The van der Waals surface area contributed by atoms with Crippen molar-refractivity contribution in [3.8, 4) is 0 Å². The van der Waals surface area contributed by atoms with Gasteiger partial charge in [-0.3, -0.25) is 5.10 Å². The van der Waals surface area contributed by atoms with Crippen LogP contribution in [0.15, 0.2) is 28.0 Å². The van der Waals surface area contributed by atoms with E-state index in [-0.39, 0.29) is 5.03 Å². The number of aromatic nitrogens is 2. The Labute approximate surface area is 122 Å². The van der Waals surface area contributed by atoms with E-state index in [0.29, 0.717) is 25.1 Å². The molecule has 20 heavy (non-hydrogen) atoms. The highest BCUT2D eigenvalue weighted by Gasteiger charge is 2.19. The van der Waals surface area contributed by atoms with Gasteiger partial charge < -0.3 is 5.32 Å². The molecule has 0 spiro atoms. The van der Waals surface area contributed by atoms with Gasteiger partial charge in [-0.15, -0.1) is 0 Å². The van der Waals surface area contributed by atoms with Crippen molar-refractivity contribution in [2.24, 2.45) is 0 Å². The lowest BCUT2D eigenvalue weighted by molar-refractivity contribution is 0.574. The second-order valence-electron chi connectivity index (χ2n) is 4.28. The molecular weight excluding hydrogens is 296 g/mol. The summed E-state index contributed by atoms with van der Waals surface area (Å²) in [7, 11) is -3.54. The molecule has 0 saturated carbocycles. The molecule has 110 valence electrons. The van der Waals surface area contributed by atoms with E-state index < -0.39 is 10.0 Å². The maximum absolute atomic E-state index is 12.2. The second kappa shape index (κ2) is 6.98. The largest absolute Gasteiger partial charge is 0.313 e. The van der Waals surface area contributed by atoms with E-state index in [0.717, 1.165) is 12.1 Å². The summed E-state index contributed by atoms with van der Waals surface area (Å²) in [6.45, 7) is 3.59. The molecule has 2 rings (SSSR count). The van der Waals surface area contributed by atoms with Gasteiger partial charge in [0.05, 0.1) is 6.20 Å². The molecule has 6 nitrogen and oxygen atoms in total. The first-order valence-electron chi connectivity index (χ1n) is 6.37. The predicted octanol–water partition coefficient (Wildman–Crippen LogP) is 1.10. The molecule has 2 heterocycles. The van der Waals surface area contributed by atoms with Crippen LogP contribution in [0.3, 0.4) is 0 Å². The summed E-state index contributed by atoms with van der Waals surface area (Å²) in [5.74, 6) is 0. The minimum Gasteiger partial charge on any atom is -0.313 e. The number of sulfonamides is 1. The molecule has 3 N–H and O–H groups in total. The molecule has 0 saturated heterocycles. The Kier molecular flexibility index (Phi) is 5.30. The minimum absolute atomic E-state index is 0.142. The van der Waals surface area contributed by atoms with Crippen molar-refractivity contribution in [2.75, 3.05) is 13.1 Å². The molecule has 0 atom stereocenters. The number of thiophene rings is 1. The van der Waals surface area contributed by atoms with Crippen LogP contribution in [0.2, 0.25) is 0 Å². The standard InChI is InChI=1S/C12H18N4O2S2/c1-2-13-7-11-8-14-16-12(11)20(17,18)15-5-3-10-4-6-19-9-10/h4,6,8-9,13,15H,2-3,5,7H2,1H3,(H,14,16). The topological polar surface area (TPSA) is 86.9 Å². The molecule has 0 aliphatic rings. The summed E-state index contributed by atoms with van der Waals surface area (Å²) in [6, 6.07) is 1.99. The van der Waals surface area contributed by atoms with Crippen LogP contribution in [0, 0.1) is 0 Å². The van der Waals surface area contributed by atoms with E-state index >= 15 is 0 Å². The van der Waals surface area contributed by atoms with E-state index in [1.54, 1.807) is 11.3 Å². The number of rotatable bonds is 8. The summed E-state index contributed by atoms with van der Waals surface area (Å²) >= 11 is 1.61. The van der Waals surface area contributed by atoms with Gasteiger partial charge in [0.15, 0.2) is 5.03 Å². The Morgan fingerprint density at radius 2 is 2.30 bits per heavy atom. The summed E-state index contributed by atoms with van der Waals surface area (Å²) in [4.78, 5) is 0. The zero-order valence-electron chi connectivity index (χ0n) is 11.2. The van der Waals surface area contributed by atoms with Gasteiger partial charge in [-0.2, -0.15) is 16.4 Å². The monoisotopic (exact) mass is 314 g/mol. The smallest absolute Gasteiger partial charge is 0.257 e. The van der Waals surface area contributed by atoms with Crippen LogP contribution in [0.1, 0.15) is 18.1 Å². The highest BCUT2D eigenvalue weighted by Crippen LogP contribution is 2.12. The predicted molar refractivity (Wildman–Crippen MR) is 79.2 cm³/mol. The van der Waals surface area contributed by atoms with Gasteiger partial charge in [0.1, 0.15) is 0 Å². The number of nitrogens with one attached hydrogen (secondary N) is 3. The van der Waals surface area contributed by atoms with Crippen molar-refractivity contribution >= 4 is 21.4 Å². The van der Waals surface area contributed by atoms with E-state index in [1.807, 2.05) is 23.8 Å². The van der Waals surface area contributed by atoms with Gasteiger partial charge in [-0.1, -0.05) is 6.92 Å². The van der Waals surface area contributed by atoms with E-state index in [9.17, 15) is 8.42 Å². The molecule has 0 fully saturated rings. The van der Waals surface area contributed by atoms with Gasteiger partial charge in [0.2, 0.25) is 0 Å². The van der Waals surface area contributed by atoms with Gasteiger partial charge in [0, 0.05) is 18.7 Å². The van der Waals surface area contributed by atoms with Crippen molar-refractivity contribution in [3.05, 3.63) is 34.2 Å². The average Bonchev–Trinajstić information content (AvgIpc) is 3.07. The van der Waals surface area contributed by atoms with Crippen LogP contribution >= 0.6 is 11.3 Å². The van der Waals surface area contributed by atoms with Crippen molar-refractivity contribution in [1.29, 1.82) is 0 Å². The number of aromatic amines is 1. The summed E-state index contributed by atoms with van der Waals surface area (Å²) in [5, 5.41) is 13.6. The Hall–Kier alpha value is -1.22. The lowest BCUT2D eigenvalue weighted by Gasteiger charge is -2.07. The van der Waals surface area contributed by atoms with Crippen LogP contribution < -0.4 is 10.0 Å². The Balaban J connectivity index is 1.97. The molecule has 2 aromatic heterocycles. The third-order valence-electron chi connectivity index (χ3n) is 2.80. The quantitative estimate of drug-likeness (QED) is 0.681. The lowest BCUT2D eigenvalue weighted by atomic mass is 10.2. The fourth-order valence-corrected chi connectivity index (χ4v) is 3.62. The van der Waals surface area contributed by atoms with Crippen LogP contribution in [0.4, 0.5) is 0 Å². The Morgan fingerprint density at radius 1 is 1.45 bits per heavy atom. The van der Waals surface area contributed by atoms with Crippen molar-refractivity contribution in [2.45, 2.75) is 24.9 Å². The van der Waals surface area contributed by atoms with Crippen LogP contribution in [0.25, 0.3) is 0 Å². The third kappa shape index (κ3) is 3.89. The molecule has 0 unspecified atom stereocenters. The van der Waals surface area contributed by atoms with Crippen LogP contribution in [-0.4, -0.2) is 31.7 Å². The van der Waals surface area contributed by atoms with Crippen molar-refractivity contribution in [3.63, 3.8) is 0 Å². The first-order valence-corrected chi connectivity index (χ1v) is 8.79. The first kappa shape index (κ1) is 15.2. The van der Waals surface area contributed by atoms with Crippen molar-refractivity contribution in [1.82, 2.24) is 20.2 Å². The molecule has 0 radical (unpaired) electrons. The fourth-order valence-electron chi connectivity index (χ4n) is 1.75. The number of H-pyrrole nitrogens is 1. The third-order valence-corrected chi connectivity index (χ3v) is 5.01. The Bertz CT molecular complexity index is 620. The molecule has 0 bridgehead atoms. The first-order chi connectivity index (χ1) is 9.63. The molecule has 0 amide bonds. The molecular formula is C12H18N4O2S2. The van der Waals surface area contributed by atoms with Crippen LogP contribution in [-0.2, 0) is 23.0 Å². The van der Waals surface area contributed by atoms with E-state index in [1.165, 1.54) is 6.20 Å². The fraction of sp³-hybridized carbons (Fsp3) is 0.417. The number of hydrogen-bond donors (Lipinski definition) is 3.